The number of likely N-dealkylation sites (tertiary alicyclic amines) is 1. The molecule has 18 heavy (non-hydrogen) atoms. The molecule has 0 saturated carbocycles. The van der Waals surface area contributed by atoms with E-state index in [-0.39, 0.29) is 5.91 Å². The molecule has 2 rings (SSSR count). The Hall–Kier alpha value is -1.26. The van der Waals surface area contributed by atoms with Crippen molar-refractivity contribution in [1.82, 2.24) is 10.2 Å². The highest BCUT2D eigenvalue weighted by Gasteiger charge is 2.13. The summed E-state index contributed by atoms with van der Waals surface area (Å²) in [4.78, 5) is 14.3. The van der Waals surface area contributed by atoms with E-state index in [0.29, 0.717) is 22.8 Å². The fourth-order valence-electron chi connectivity index (χ4n) is 2.16. The van der Waals surface area contributed by atoms with Gasteiger partial charge in [-0.25, -0.2) is 0 Å². The Kier molecular flexibility index (Phi) is 4.44. The molecule has 1 amide bonds. The van der Waals surface area contributed by atoms with Crippen molar-refractivity contribution in [1.29, 1.82) is 0 Å². The van der Waals surface area contributed by atoms with Gasteiger partial charge in [-0.1, -0.05) is 17.7 Å². The maximum atomic E-state index is 11.9. The molecule has 1 aliphatic heterocycles. The van der Waals surface area contributed by atoms with E-state index in [1.165, 1.54) is 12.8 Å². The Morgan fingerprint density at radius 1 is 1.39 bits per heavy atom. The van der Waals surface area contributed by atoms with Crippen molar-refractivity contribution in [2.75, 3.05) is 31.9 Å². The van der Waals surface area contributed by atoms with Crippen LogP contribution in [0.25, 0.3) is 0 Å². The van der Waals surface area contributed by atoms with Crippen molar-refractivity contribution < 1.29 is 4.79 Å². The molecule has 1 aromatic carbocycles. The fourth-order valence-corrected chi connectivity index (χ4v) is 2.34. The summed E-state index contributed by atoms with van der Waals surface area (Å²) >= 11 is 5.88. The van der Waals surface area contributed by atoms with Gasteiger partial charge in [0.1, 0.15) is 0 Å². The van der Waals surface area contributed by atoms with Crippen molar-refractivity contribution >= 4 is 23.2 Å². The van der Waals surface area contributed by atoms with Crippen LogP contribution >= 0.6 is 11.6 Å². The topological polar surface area (TPSA) is 58.4 Å². The predicted octanol–water partition coefficient (Wildman–Crippen LogP) is 1.75. The van der Waals surface area contributed by atoms with Gasteiger partial charge in [0.2, 0.25) is 0 Å². The van der Waals surface area contributed by atoms with Gasteiger partial charge in [-0.2, -0.15) is 0 Å². The zero-order chi connectivity index (χ0) is 13.0. The third-order valence-corrected chi connectivity index (χ3v) is 3.54. The molecule has 3 N–H and O–H groups in total. The normalized spacial score (nSPS) is 15.8. The number of carbonyl (C=O) groups is 1. The van der Waals surface area contributed by atoms with E-state index < -0.39 is 0 Å². The molecule has 98 valence electrons. The van der Waals surface area contributed by atoms with Crippen LogP contribution in [-0.2, 0) is 0 Å². The quantitative estimate of drug-likeness (QED) is 0.817. The van der Waals surface area contributed by atoms with E-state index in [1.807, 2.05) is 0 Å². The van der Waals surface area contributed by atoms with Gasteiger partial charge in [0.15, 0.2) is 0 Å². The molecule has 0 spiro atoms. The number of nitrogens with zero attached hydrogens (tertiary/aromatic N) is 1. The van der Waals surface area contributed by atoms with E-state index in [1.54, 1.807) is 18.2 Å². The second-order valence-corrected chi connectivity index (χ2v) is 4.91. The summed E-state index contributed by atoms with van der Waals surface area (Å²) in [5.74, 6) is -0.158. The Morgan fingerprint density at radius 3 is 2.83 bits per heavy atom. The summed E-state index contributed by atoms with van der Waals surface area (Å²) in [6, 6.07) is 5.10. The van der Waals surface area contributed by atoms with Crippen LogP contribution in [0.4, 0.5) is 5.69 Å². The molecule has 1 aliphatic rings. The number of halogens is 1. The molecule has 0 bridgehead atoms. The van der Waals surface area contributed by atoms with E-state index in [2.05, 4.69) is 10.2 Å². The number of carbonyl (C=O) groups excluding carboxylic acids is 1. The SMILES string of the molecule is Nc1c(Cl)cccc1C(=O)NCCN1CCCC1. The molecule has 1 fully saturated rings. The number of amides is 1. The Balaban J connectivity index is 1.85. The van der Waals surface area contributed by atoms with E-state index in [4.69, 9.17) is 17.3 Å². The third kappa shape index (κ3) is 3.15. The molecule has 0 unspecified atom stereocenters. The summed E-state index contributed by atoms with van der Waals surface area (Å²) in [6.07, 6.45) is 2.52. The lowest BCUT2D eigenvalue weighted by atomic mass is 10.1. The number of hydrogen-bond acceptors (Lipinski definition) is 3. The molecule has 1 aromatic rings. The van der Waals surface area contributed by atoms with Crippen LogP contribution in [-0.4, -0.2) is 37.0 Å². The molecule has 0 radical (unpaired) electrons. The lowest BCUT2D eigenvalue weighted by Gasteiger charge is -2.15. The van der Waals surface area contributed by atoms with Gasteiger partial charge in [0.05, 0.1) is 16.3 Å². The molecular formula is C13H18ClN3O. The first kappa shape index (κ1) is 13.2. The average Bonchev–Trinajstić information content (AvgIpc) is 2.85. The maximum absolute atomic E-state index is 11.9. The molecule has 0 aliphatic carbocycles. The highest BCUT2D eigenvalue weighted by Crippen LogP contribution is 2.22. The minimum atomic E-state index is -0.158. The standard InChI is InChI=1S/C13H18ClN3O/c14-11-5-3-4-10(12(11)15)13(18)16-6-9-17-7-1-2-8-17/h3-5H,1-2,6-9,15H2,(H,16,18). The van der Waals surface area contributed by atoms with Crippen LogP contribution in [0, 0.1) is 0 Å². The highest BCUT2D eigenvalue weighted by atomic mass is 35.5. The number of nitrogens with one attached hydrogen (secondary N) is 1. The van der Waals surface area contributed by atoms with Crippen molar-refractivity contribution in [3.8, 4) is 0 Å². The minimum absolute atomic E-state index is 0.158. The van der Waals surface area contributed by atoms with Crippen LogP contribution in [0.1, 0.15) is 23.2 Å². The first-order chi connectivity index (χ1) is 8.68. The summed E-state index contributed by atoms with van der Waals surface area (Å²) in [5.41, 5.74) is 6.57. The van der Waals surface area contributed by atoms with Crippen LogP contribution in [0.2, 0.25) is 5.02 Å². The molecule has 0 atom stereocenters. The van der Waals surface area contributed by atoms with Gasteiger partial charge < -0.3 is 16.0 Å². The summed E-state index contributed by atoms with van der Waals surface area (Å²) in [7, 11) is 0. The van der Waals surface area contributed by atoms with Crippen LogP contribution in [0.5, 0.6) is 0 Å². The molecule has 1 heterocycles. The number of benzene rings is 1. The molecule has 5 heteroatoms. The summed E-state index contributed by atoms with van der Waals surface area (Å²) in [6.45, 7) is 3.81. The van der Waals surface area contributed by atoms with E-state index in [9.17, 15) is 4.79 Å². The number of anilines is 1. The summed E-state index contributed by atoms with van der Waals surface area (Å²) in [5, 5.41) is 3.29. The summed E-state index contributed by atoms with van der Waals surface area (Å²) < 4.78 is 0. The first-order valence-electron chi connectivity index (χ1n) is 6.23. The molecule has 4 nitrogen and oxygen atoms in total. The van der Waals surface area contributed by atoms with E-state index in [0.717, 1.165) is 19.6 Å². The van der Waals surface area contributed by atoms with Crippen molar-refractivity contribution in [3.63, 3.8) is 0 Å². The van der Waals surface area contributed by atoms with Gasteiger partial charge in [-0.3, -0.25) is 4.79 Å². The maximum Gasteiger partial charge on any atom is 0.253 e. The largest absolute Gasteiger partial charge is 0.397 e. The molecule has 0 aromatic heterocycles. The van der Waals surface area contributed by atoms with Gasteiger partial charge >= 0.3 is 0 Å². The van der Waals surface area contributed by atoms with Gasteiger partial charge in [-0.15, -0.1) is 0 Å². The second-order valence-electron chi connectivity index (χ2n) is 4.51. The number of nitrogen functional groups attached to an aromatic ring is 1. The fraction of sp³-hybridized carbons (Fsp3) is 0.462. The predicted molar refractivity (Wildman–Crippen MR) is 73.9 cm³/mol. The second kappa shape index (κ2) is 6.07. The molecule has 1 saturated heterocycles. The lowest BCUT2D eigenvalue weighted by Crippen LogP contribution is -2.33. The average molecular weight is 268 g/mol. The van der Waals surface area contributed by atoms with E-state index >= 15 is 0 Å². The Morgan fingerprint density at radius 2 is 2.11 bits per heavy atom. The minimum Gasteiger partial charge on any atom is -0.397 e. The zero-order valence-corrected chi connectivity index (χ0v) is 11.0. The highest BCUT2D eigenvalue weighted by molar-refractivity contribution is 6.33. The number of rotatable bonds is 4. The van der Waals surface area contributed by atoms with Gasteiger partial charge in [0.25, 0.3) is 5.91 Å². The lowest BCUT2D eigenvalue weighted by molar-refractivity contribution is 0.0950. The van der Waals surface area contributed by atoms with Gasteiger partial charge in [0, 0.05) is 13.1 Å². The number of hydrogen-bond donors (Lipinski definition) is 2. The van der Waals surface area contributed by atoms with Crippen LogP contribution in [0.3, 0.4) is 0 Å². The van der Waals surface area contributed by atoms with Crippen molar-refractivity contribution in [2.45, 2.75) is 12.8 Å². The first-order valence-corrected chi connectivity index (χ1v) is 6.61. The van der Waals surface area contributed by atoms with Gasteiger partial charge in [-0.05, 0) is 38.1 Å². The zero-order valence-electron chi connectivity index (χ0n) is 10.3. The number of nitrogens with two attached hydrogens (primary N) is 1. The Bertz CT molecular complexity index is 430. The third-order valence-electron chi connectivity index (χ3n) is 3.21. The van der Waals surface area contributed by atoms with Crippen molar-refractivity contribution in [3.05, 3.63) is 28.8 Å². The monoisotopic (exact) mass is 267 g/mol. The number of para-hydroxylation sites is 1. The van der Waals surface area contributed by atoms with Crippen LogP contribution in [0.15, 0.2) is 18.2 Å². The smallest absolute Gasteiger partial charge is 0.253 e. The van der Waals surface area contributed by atoms with Crippen LogP contribution < -0.4 is 11.1 Å². The van der Waals surface area contributed by atoms with Crippen molar-refractivity contribution in [2.24, 2.45) is 0 Å². The molecular weight excluding hydrogens is 250 g/mol. The Labute approximate surface area is 112 Å².